The minimum absolute atomic E-state index is 0.0662. The van der Waals surface area contributed by atoms with E-state index in [0.29, 0.717) is 16.8 Å². The maximum atomic E-state index is 11.5. The molecule has 0 amide bonds. The van der Waals surface area contributed by atoms with Gasteiger partial charge in [-0.25, -0.2) is 0 Å². The molecule has 70 valence electrons. The summed E-state index contributed by atoms with van der Waals surface area (Å²) in [6.45, 7) is 0. The van der Waals surface area contributed by atoms with Crippen molar-refractivity contribution < 1.29 is 0 Å². The van der Waals surface area contributed by atoms with E-state index in [2.05, 4.69) is 9.97 Å². The largest absolute Gasteiger partial charge is 0.398 e. The van der Waals surface area contributed by atoms with Crippen LogP contribution in [0.5, 0.6) is 0 Å². The Morgan fingerprint density at radius 1 is 1.29 bits per heavy atom. The average molecular weight is 187 g/mol. The molecule has 3 N–H and O–H groups in total. The van der Waals surface area contributed by atoms with Gasteiger partial charge >= 0.3 is 0 Å². The second-order valence-electron chi connectivity index (χ2n) is 2.89. The monoisotopic (exact) mass is 187 g/mol. The van der Waals surface area contributed by atoms with Gasteiger partial charge in [0.05, 0.1) is 0 Å². The Labute approximate surface area is 80.4 Å². The molecule has 14 heavy (non-hydrogen) atoms. The van der Waals surface area contributed by atoms with E-state index in [4.69, 9.17) is 5.73 Å². The van der Waals surface area contributed by atoms with Crippen molar-refractivity contribution in [3.63, 3.8) is 0 Å². The lowest BCUT2D eigenvalue weighted by atomic mass is 10.1. The summed E-state index contributed by atoms with van der Waals surface area (Å²) in [6, 6.07) is 3.13. The van der Waals surface area contributed by atoms with Crippen LogP contribution in [0.25, 0.3) is 11.1 Å². The number of nitrogens with zero attached hydrogens (tertiary/aromatic N) is 1. The summed E-state index contributed by atoms with van der Waals surface area (Å²) in [7, 11) is 0. The molecule has 0 aliphatic rings. The predicted octanol–water partition coefficient (Wildman–Crippen LogP) is 1.02. The summed E-state index contributed by atoms with van der Waals surface area (Å²) >= 11 is 0. The number of nitrogens with one attached hydrogen (secondary N) is 1. The number of anilines is 1. The highest BCUT2D eigenvalue weighted by Crippen LogP contribution is 2.19. The number of rotatable bonds is 1. The van der Waals surface area contributed by atoms with Crippen LogP contribution < -0.4 is 11.2 Å². The Bertz CT molecular complexity index is 504. The first kappa shape index (κ1) is 8.50. The van der Waals surface area contributed by atoms with E-state index in [-0.39, 0.29) is 5.43 Å². The highest BCUT2D eigenvalue weighted by Gasteiger charge is 2.04. The van der Waals surface area contributed by atoms with Crippen molar-refractivity contribution in [1.29, 1.82) is 0 Å². The van der Waals surface area contributed by atoms with E-state index in [0.717, 1.165) is 0 Å². The maximum Gasteiger partial charge on any atom is 0.189 e. The zero-order chi connectivity index (χ0) is 9.97. The van der Waals surface area contributed by atoms with Gasteiger partial charge in [0.2, 0.25) is 0 Å². The molecular weight excluding hydrogens is 178 g/mol. The molecule has 2 rings (SSSR count). The SMILES string of the molecule is Nc1ccncc1-c1c[nH]ccc1=O. The third-order valence-corrected chi connectivity index (χ3v) is 1.97. The normalized spacial score (nSPS) is 10.0. The molecule has 2 aromatic rings. The van der Waals surface area contributed by atoms with Gasteiger partial charge in [0.1, 0.15) is 0 Å². The van der Waals surface area contributed by atoms with Crippen LogP contribution in [0.15, 0.2) is 41.7 Å². The number of aromatic nitrogens is 2. The van der Waals surface area contributed by atoms with Gasteiger partial charge in [-0.05, 0) is 6.07 Å². The number of nitrogen functional groups attached to an aromatic ring is 1. The van der Waals surface area contributed by atoms with Crippen molar-refractivity contribution in [2.75, 3.05) is 5.73 Å². The van der Waals surface area contributed by atoms with Crippen molar-refractivity contribution >= 4 is 5.69 Å². The minimum Gasteiger partial charge on any atom is -0.398 e. The number of pyridine rings is 2. The first-order valence-electron chi connectivity index (χ1n) is 4.16. The van der Waals surface area contributed by atoms with Crippen LogP contribution in [-0.2, 0) is 0 Å². The molecule has 0 spiro atoms. The lowest BCUT2D eigenvalue weighted by Gasteiger charge is -2.02. The van der Waals surface area contributed by atoms with Crippen molar-refractivity contribution in [1.82, 2.24) is 9.97 Å². The van der Waals surface area contributed by atoms with E-state index < -0.39 is 0 Å². The van der Waals surface area contributed by atoms with Gasteiger partial charge in [-0.3, -0.25) is 9.78 Å². The van der Waals surface area contributed by atoms with E-state index in [1.807, 2.05) is 0 Å². The van der Waals surface area contributed by atoms with Crippen molar-refractivity contribution in [3.8, 4) is 11.1 Å². The standard InChI is InChI=1S/C10H9N3O/c11-9-1-3-12-5-7(9)8-6-13-4-2-10(8)14/h1-6H,(H2,11,12)(H,13,14). The fourth-order valence-electron chi connectivity index (χ4n) is 1.26. The lowest BCUT2D eigenvalue weighted by molar-refractivity contribution is 1.28. The summed E-state index contributed by atoms with van der Waals surface area (Å²) in [5, 5.41) is 0. The third-order valence-electron chi connectivity index (χ3n) is 1.97. The van der Waals surface area contributed by atoms with E-state index >= 15 is 0 Å². The molecular formula is C10H9N3O. The Hall–Kier alpha value is -2.10. The van der Waals surface area contributed by atoms with Gasteiger partial charge in [0.15, 0.2) is 5.43 Å². The molecule has 2 heterocycles. The lowest BCUT2D eigenvalue weighted by Crippen LogP contribution is -2.04. The maximum absolute atomic E-state index is 11.5. The molecule has 0 unspecified atom stereocenters. The molecule has 0 saturated carbocycles. The van der Waals surface area contributed by atoms with Crippen LogP contribution in [-0.4, -0.2) is 9.97 Å². The van der Waals surface area contributed by atoms with Crippen LogP contribution in [0.2, 0.25) is 0 Å². The van der Waals surface area contributed by atoms with Crippen molar-refractivity contribution in [2.45, 2.75) is 0 Å². The number of H-pyrrole nitrogens is 1. The van der Waals surface area contributed by atoms with Crippen molar-refractivity contribution in [3.05, 3.63) is 47.1 Å². The number of nitrogens with two attached hydrogens (primary N) is 1. The van der Waals surface area contributed by atoms with Gasteiger partial charge in [0, 0.05) is 47.7 Å². The molecule has 4 nitrogen and oxygen atoms in total. The first-order chi connectivity index (χ1) is 6.79. The highest BCUT2D eigenvalue weighted by atomic mass is 16.1. The van der Waals surface area contributed by atoms with Gasteiger partial charge in [0.25, 0.3) is 0 Å². The molecule has 0 bridgehead atoms. The summed E-state index contributed by atoms with van der Waals surface area (Å²) in [4.78, 5) is 18.2. The Kier molecular flexibility index (Phi) is 2.02. The number of aromatic amines is 1. The molecule has 0 radical (unpaired) electrons. The van der Waals surface area contributed by atoms with E-state index in [9.17, 15) is 4.79 Å². The predicted molar refractivity (Wildman–Crippen MR) is 54.7 cm³/mol. The summed E-state index contributed by atoms with van der Waals surface area (Å²) in [5.41, 5.74) is 7.42. The number of hydrogen-bond acceptors (Lipinski definition) is 3. The topological polar surface area (TPSA) is 71.8 Å². The zero-order valence-electron chi connectivity index (χ0n) is 7.40. The molecule has 4 heteroatoms. The molecule has 2 aromatic heterocycles. The fourth-order valence-corrected chi connectivity index (χ4v) is 1.26. The molecule has 0 aromatic carbocycles. The summed E-state index contributed by atoms with van der Waals surface area (Å²) in [5.74, 6) is 0. The van der Waals surface area contributed by atoms with Crippen LogP contribution >= 0.6 is 0 Å². The second kappa shape index (κ2) is 3.33. The Morgan fingerprint density at radius 3 is 2.86 bits per heavy atom. The average Bonchev–Trinajstić information content (AvgIpc) is 2.20. The van der Waals surface area contributed by atoms with Gasteiger partial charge in [-0.1, -0.05) is 0 Å². The smallest absolute Gasteiger partial charge is 0.189 e. The van der Waals surface area contributed by atoms with Gasteiger partial charge < -0.3 is 10.7 Å². The van der Waals surface area contributed by atoms with Crippen LogP contribution in [0.3, 0.4) is 0 Å². The Morgan fingerprint density at radius 2 is 2.14 bits per heavy atom. The first-order valence-corrected chi connectivity index (χ1v) is 4.16. The zero-order valence-corrected chi connectivity index (χ0v) is 7.40. The molecule has 0 atom stereocenters. The fraction of sp³-hybridized carbons (Fsp3) is 0. The summed E-state index contributed by atoms with van der Waals surface area (Å²) < 4.78 is 0. The molecule has 0 fully saturated rings. The van der Waals surface area contributed by atoms with Crippen LogP contribution in [0.1, 0.15) is 0 Å². The van der Waals surface area contributed by atoms with Crippen molar-refractivity contribution in [2.24, 2.45) is 0 Å². The van der Waals surface area contributed by atoms with Crippen LogP contribution in [0.4, 0.5) is 5.69 Å². The minimum atomic E-state index is -0.0662. The molecule has 0 aliphatic carbocycles. The van der Waals surface area contributed by atoms with Crippen LogP contribution in [0, 0.1) is 0 Å². The highest BCUT2D eigenvalue weighted by molar-refractivity contribution is 5.74. The third kappa shape index (κ3) is 1.37. The quantitative estimate of drug-likeness (QED) is 0.700. The second-order valence-corrected chi connectivity index (χ2v) is 2.89. The van der Waals surface area contributed by atoms with Gasteiger partial charge in [-0.2, -0.15) is 0 Å². The molecule has 0 aliphatic heterocycles. The van der Waals surface area contributed by atoms with Gasteiger partial charge in [-0.15, -0.1) is 0 Å². The Balaban J connectivity index is 2.67. The molecule has 0 saturated heterocycles. The summed E-state index contributed by atoms with van der Waals surface area (Å²) in [6.07, 6.45) is 6.38. The van der Waals surface area contributed by atoms with E-state index in [1.165, 1.54) is 6.07 Å². The number of hydrogen-bond donors (Lipinski definition) is 2. The van der Waals surface area contributed by atoms with E-state index in [1.54, 1.807) is 30.9 Å².